The third kappa shape index (κ3) is 6.95. The second kappa shape index (κ2) is 3.20. The van der Waals surface area contributed by atoms with Crippen molar-refractivity contribution < 1.29 is 0 Å². The van der Waals surface area contributed by atoms with Crippen molar-refractivity contribution in [2.75, 3.05) is 0 Å². The summed E-state index contributed by atoms with van der Waals surface area (Å²) >= 11 is 2.50. The fourth-order valence-electron chi connectivity index (χ4n) is 0.844. The molecule has 0 aromatic heterocycles. The van der Waals surface area contributed by atoms with E-state index >= 15 is 0 Å². The van der Waals surface area contributed by atoms with Gasteiger partial charge in [-0.3, -0.25) is 0 Å². The van der Waals surface area contributed by atoms with Crippen LogP contribution in [0.2, 0.25) is 25.7 Å². The third-order valence-electron chi connectivity index (χ3n) is 0.894. The lowest BCUT2D eigenvalue weighted by Gasteiger charge is -2.16. The van der Waals surface area contributed by atoms with Gasteiger partial charge in [-0.25, -0.2) is 0 Å². The molecule has 0 saturated heterocycles. The van der Waals surface area contributed by atoms with E-state index in [0.717, 1.165) is 3.92 Å². The van der Waals surface area contributed by atoms with Crippen molar-refractivity contribution >= 4 is 30.7 Å². The Balaban J connectivity index is 3.39. The molecular formula is C6H15ISi. The highest BCUT2D eigenvalue weighted by molar-refractivity contribution is 14.1. The first-order valence-electron chi connectivity index (χ1n) is 3.06. The van der Waals surface area contributed by atoms with Crippen LogP contribution in [0.3, 0.4) is 0 Å². The van der Waals surface area contributed by atoms with E-state index in [0.29, 0.717) is 0 Å². The minimum Gasteiger partial charge on any atom is -0.0832 e. The highest BCUT2D eigenvalue weighted by atomic mass is 127. The molecule has 0 rings (SSSR count). The molecule has 8 heavy (non-hydrogen) atoms. The van der Waals surface area contributed by atoms with Crippen LogP contribution in [0.1, 0.15) is 6.92 Å². The Hall–Kier alpha value is 0.947. The highest BCUT2D eigenvalue weighted by Gasteiger charge is 2.14. The standard InChI is InChI=1S/C6H15ISi/c1-6(7)5-8(2,3)4/h6H,5H2,1-4H3. The number of hydrogen-bond donors (Lipinski definition) is 0. The lowest BCUT2D eigenvalue weighted by Crippen LogP contribution is -2.22. The van der Waals surface area contributed by atoms with Gasteiger partial charge >= 0.3 is 0 Å². The summed E-state index contributed by atoms with van der Waals surface area (Å²) in [6.07, 6.45) is 0. The maximum Gasteiger partial charge on any atom is 0.0452 e. The van der Waals surface area contributed by atoms with Crippen LogP contribution in [-0.2, 0) is 0 Å². The van der Waals surface area contributed by atoms with Crippen molar-refractivity contribution in [1.29, 1.82) is 0 Å². The third-order valence-corrected chi connectivity index (χ3v) is 4.00. The van der Waals surface area contributed by atoms with Crippen molar-refractivity contribution in [2.45, 2.75) is 36.5 Å². The van der Waals surface area contributed by atoms with Crippen LogP contribution in [0.4, 0.5) is 0 Å². The van der Waals surface area contributed by atoms with Crippen LogP contribution < -0.4 is 0 Å². The normalized spacial score (nSPS) is 16.1. The molecule has 0 saturated carbocycles. The summed E-state index contributed by atoms with van der Waals surface area (Å²) in [5.41, 5.74) is 0. The van der Waals surface area contributed by atoms with E-state index in [1.54, 1.807) is 0 Å². The Morgan fingerprint density at radius 2 is 1.75 bits per heavy atom. The summed E-state index contributed by atoms with van der Waals surface area (Å²) in [6.45, 7) is 9.55. The molecule has 0 N–H and O–H groups in total. The van der Waals surface area contributed by atoms with Crippen molar-refractivity contribution in [3.05, 3.63) is 0 Å². The molecule has 2 heteroatoms. The van der Waals surface area contributed by atoms with E-state index in [9.17, 15) is 0 Å². The van der Waals surface area contributed by atoms with E-state index in [-0.39, 0.29) is 0 Å². The van der Waals surface area contributed by atoms with Crippen molar-refractivity contribution in [3.63, 3.8) is 0 Å². The van der Waals surface area contributed by atoms with Crippen LogP contribution in [-0.4, -0.2) is 12.0 Å². The van der Waals surface area contributed by atoms with Crippen molar-refractivity contribution in [3.8, 4) is 0 Å². The molecule has 0 nitrogen and oxygen atoms in total. The quantitative estimate of drug-likeness (QED) is 0.396. The molecule has 50 valence electrons. The number of halogens is 1. The lowest BCUT2D eigenvalue weighted by atomic mass is 10.6. The molecule has 0 aliphatic heterocycles. The first-order chi connectivity index (χ1) is 3.42. The average Bonchev–Trinajstić information content (AvgIpc) is 1.21. The summed E-state index contributed by atoms with van der Waals surface area (Å²) in [5.74, 6) is 0. The molecule has 0 aliphatic carbocycles. The van der Waals surface area contributed by atoms with Gasteiger partial charge in [0.15, 0.2) is 0 Å². The van der Waals surface area contributed by atoms with E-state index in [2.05, 4.69) is 49.2 Å². The molecule has 1 atom stereocenters. The van der Waals surface area contributed by atoms with Gasteiger partial charge in [0.2, 0.25) is 0 Å². The van der Waals surface area contributed by atoms with Crippen molar-refractivity contribution in [2.24, 2.45) is 0 Å². The minimum absolute atomic E-state index is 0.728. The molecule has 1 unspecified atom stereocenters. The minimum atomic E-state index is -0.728. The van der Waals surface area contributed by atoms with Crippen molar-refractivity contribution in [1.82, 2.24) is 0 Å². The predicted molar refractivity (Wildman–Crippen MR) is 51.6 cm³/mol. The van der Waals surface area contributed by atoms with Gasteiger partial charge in [-0.2, -0.15) is 0 Å². The lowest BCUT2D eigenvalue weighted by molar-refractivity contribution is 1.11. The molecule has 0 bridgehead atoms. The van der Waals surface area contributed by atoms with Gasteiger partial charge in [0.05, 0.1) is 0 Å². The topological polar surface area (TPSA) is 0 Å². The van der Waals surface area contributed by atoms with Crippen LogP contribution in [0.15, 0.2) is 0 Å². The van der Waals surface area contributed by atoms with Crippen LogP contribution in [0, 0.1) is 0 Å². The Morgan fingerprint density at radius 3 is 1.75 bits per heavy atom. The highest BCUT2D eigenvalue weighted by Crippen LogP contribution is 2.16. The van der Waals surface area contributed by atoms with Gasteiger partial charge in [0, 0.05) is 12.0 Å². The number of alkyl halides is 1. The Morgan fingerprint density at radius 1 is 1.38 bits per heavy atom. The predicted octanol–water partition coefficient (Wildman–Crippen LogP) is 3.15. The monoisotopic (exact) mass is 242 g/mol. The first kappa shape index (κ1) is 8.95. The second-order valence-corrected chi connectivity index (χ2v) is 11.2. The zero-order valence-electron chi connectivity index (χ0n) is 6.16. The summed E-state index contributed by atoms with van der Waals surface area (Å²) in [6, 6.07) is 1.45. The average molecular weight is 242 g/mol. The molecule has 0 amide bonds. The molecule has 0 aromatic carbocycles. The summed E-state index contributed by atoms with van der Waals surface area (Å²) in [7, 11) is -0.728. The first-order valence-corrected chi connectivity index (χ1v) is 8.01. The molecule has 0 aliphatic rings. The fraction of sp³-hybridized carbons (Fsp3) is 1.00. The van der Waals surface area contributed by atoms with Gasteiger partial charge in [0.25, 0.3) is 0 Å². The van der Waals surface area contributed by atoms with Gasteiger partial charge in [-0.15, -0.1) is 0 Å². The number of rotatable bonds is 2. The summed E-state index contributed by atoms with van der Waals surface area (Å²) < 4.78 is 0.874. The van der Waals surface area contributed by atoms with Gasteiger partial charge in [-0.05, 0) is 6.04 Å². The molecule has 0 spiro atoms. The van der Waals surface area contributed by atoms with Crippen LogP contribution in [0.25, 0.3) is 0 Å². The maximum atomic E-state index is 2.50. The Kier molecular flexibility index (Phi) is 3.58. The molecule has 0 heterocycles. The van der Waals surface area contributed by atoms with Gasteiger partial charge in [-0.1, -0.05) is 49.2 Å². The molecule has 0 radical (unpaired) electrons. The van der Waals surface area contributed by atoms with E-state index in [1.165, 1.54) is 6.04 Å². The maximum absolute atomic E-state index is 2.50. The van der Waals surface area contributed by atoms with Crippen LogP contribution >= 0.6 is 22.6 Å². The van der Waals surface area contributed by atoms with Gasteiger partial charge in [0.1, 0.15) is 0 Å². The van der Waals surface area contributed by atoms with E-state index < -0.39 is 8.07 Å². The zero-order valence-corrected chi connectivity index (χ0v) is 9.32. The molecule has 0 aromatic rings. The second-order valence-electron chi connectivity index (χ2n) is 3.55. The Labute approximate surface area is 67.2 Å². The Bertz CT molecular complexity index is 63.4. The number of hydrogen-bond acceptors (Lipinski definition) is 0. The summed E-state index contributed by atoms with van der Waals surface area (Å²) in [5, 5.41) is 0. The van der Waals surface area contributed by atoms with E-state index in [4.69, 9.17) is 0 Å². The van der Waals surface area contributed by atoms with E-state index in [1.807, 2.05) is 0 Å². The van der Waals surface area contributed by atoms with Crippen LogP contribution in [0.5, 0.6) is 0 Å². The molecule has 0 fully saturated rings. The summed E-state index contributed by atoms with van der Waals surface area (Å²) in [4.78, 5) is 0. The SMILES string of the molecule is CC(I)C[Si](C)(C)C. The smallest absolute Gasteiger partial charge is 0.0452 e. The largest absolute Gasteiger partial charge is 0.0832 e. The molecular weight excluding hydrogens is 227 g/mol. The zero-order chi connectivity index (χ0) is 6.78. The van der Waals surface area contributed by atoms with Gasteiger partial charge < -0.3 is 0 Å². The fourth-order valence-corrected chi connectivity index (χ4v) is 6.50.